The van der Waals surface area contributed by atoms with E-state index >= 15 is 0 Å². The van der Waals surface area contributed by atoms with E-state index in [-0.39, 0.29) is 12.6 Å². The molecular weight excluding hydrogens is 492 g/mol. The molecule has 0 unspecified atom stereocenters. The maximum atomic E-state index is 10.0. The minimum Gasteiger partial charge on any atom is -0.491 e. The van der Waals surface area contributed by atoms with Crippen LogP contribution >= 0.6 is 11.6 Å². The number of benzene rings is 1. The first-order chi connectivity index (χ1) is 17.7. The number of piperidine rings is 1. The predicted molar refractivity (Wildman–Crippen MR) is 146 cm³/mol. The topological polar surface area (TPSA) is 109 Å². The van der Waals surface area contributed by atoms with E-state index in [0.717, 1.165) is 47.8 Å². The highest BCUT2D eigenvalue weighted by atomic mass is 35.5. The van der Waals surface area contributed by atoms with E-state index in [4.69, 9.17) is 30.8 Å². The van der Waals surface area contributed by atoms with Crippen LogP contribution in [0.3, 0.4) is 0 Å². The molecule has 0 bridgehead atoms. The van der Waals surface area contributed by atoms with Gasteiger partial charge >= 0.3 is 0 Å². The number of aryl methyl sites for hydroxylation is 2. The molecule has 0 saturated carbocycles. The number of aliphatic hydroxyl groups is 1. The first-order valence-electron chi connectivity index (χ1n) is 12.7. The van der Waals surface area contributed by atoms with E-state index in [2.05, 4.69) is 34.7 Å². The molecule has 3 N–H and O–H groups in total. The average molecular weight is 529 g/mol. The molecule has 0 amide bonds. The number of aliphatic hydroxyl groups excluding tert-OH is 1. The van der Waals surface area contributed by atoms with Crippen molar-refractivity contribution in [1.29, 1.82) is 0 Å². The van der Waals surface area contributed by atoms with E-state index in [0.29, 0.717) is 40.4 Å². The monoisotopic (exact) mass is 528 g/mol. The van der Waals surface area contributed by atoms with Gasteiger partial charge in [0, 0.05) is 30.3 Å². The molecule has 1 fully saturated rings. The fourth-order valence-electron chi connectivity index (χ4n) is 4.84. The standard InChI is InChI=1S/C27H37ClN6O3/c1-15-13-34(6)10-9-23(15)30-26-16(2)25(24-17(3)33-37-18(24)4)31-27(32-26)21-11-20(7-8-22(21)28)36-14-19(35)12-29-5/h7-8,11,15,19,23,29,35H,9-10,12-14H2,1-6H3,(H,30,31,32)/t15-,19+,23+/m0/s1. The van der Waals surface area contributed by atoms with Crippen molar-refractivity contribution in [3.05, 3.63) is 40.2 Å². The van der Waals surface area contributed by atoms with Gasteiger partial charge in [0.25, 0.3) is 0 Å². The number of rotatable bonds is 9. The summed E-state index contributed by atoms with van der Waals surface area (Å²) in [5, 5.41) is 21.4. The van der Waals surface area contributed by atoms with Crippen LogP contribution in [-0.4, -0.2) is 77.6 Å². The van der Waals surface area contributed by atoms with Crippen molar-refractivity contribution in [1.82, 2.24) is 25.3 Å². The van der Waals surface area contributed by atoms with Crippen molar-refractivity contribution >= 4 is 17.4 Å². The second kappa shape index (κ2) is 11.8. The van der Waals surface area contributed by atoms with Crippen LogP contribution in [0.5, 0.6) is 5.75 Å². The van der Waals surface area contributed by atoms with Gasteiger partial charge in [-0.2, -0.15) is 0 Å². The Morgan fingerprint density at radius 2 is 2.05 bits per heavy atom. The molecule has 3 atom stereocenters. The largest absolute Gasteiger partial charge is 0.491 e. The van der Waals surface area contributed by atoms with Gasteiger partial charge in [0.2, 0.25) is 0 Å². The number of aromatic nitrogens is 3. The zero-order valence-corrected chi connectivity index (χ0v) is 23.2. The zero-order chi connectivity index (χ0) is 26.7. The molecule has 1 aliphatic rings. The van der Waals surface area contributed by atoms with Crippen LogP contribution in [0, 0.1) is 26.7 Å². The summed E-state index contributed by atoms with van der Waals surface area (Å²) in [4.78, 5) is 12.3. The molecule has 2 aromatic heterocycles. The smallest absolute Gasteiger partial charge is 0.163 e. The molecule has 0 radical (unpaired) electrons. The lowest BCUT2D eigenvalue weighted by molar-refractivity contribution is 0.108. The number of ether oxygens (including phenoxy) is 1. The highest BCUT2D eigenvalue weighted by Crippen LogP contribution is 2.36. The summed E-state index contributed by atoms with van der Waals surface area (Å²) >= 11 is 6.65. The Morgan fingerprint density at radius 1 is 1.27 bits per heavy atom. The Balaban J connectivity index is 1.76. The zero-order valence-electron chi connectivity index (χ0n) is 22.4. The molecule has 3 heterocycles. The Morgan fingerprint density at radius 3 is 2.73 bits per heavy atom. The average Bonchev–Trinajstić information content (AvgIpc) is 3.19. The molecule has 1 aliphatic heterocycles. The molecule has 3 aromatic rings. The van der Waals surface area contributed by atoms with E-state index in [1.54, 1.807) is 19.2 Å². The number of anilines is 1. The molecular formula is C27H37ClN6O3. The molecule has 1 saturated heterocycles. The summed E-state index contributed by atoms with van der Waals surface area (Å²) in [6.45, 7) is 10.7. The number of nitrogens with zero attached hydrogens (tertiary/aromatic N) is 4. The number of nitrogens with one attached hydrogen (secondary N) is 2. The summed E-state index contributed by atoms with van der Waals surface area (Å²) in [5.74, 6) is 2.99. The minimum absolute atomic E-state index is 0.155. The van der Waals surface area contributed by atoms with Gasteiger partial charge in [-0.1, -0.05) is 23.7 Å². The van der Waals surface area contributed by atoms with Gasteiger partial charge < -0.3 is 29.9 Å². The second-order valence-corrected chi connectivity index (χ2v) is 10.4. The van der Waals surface area contributed by atoms with Crippen molar-refractivity contribution in [3.63, 3.8) is 0 Å². The van der Waals surface area contributed by atoms with Crippen molar-refractivity contribution in [3.8, 4) is 28.4 Å². The van der Waals surface area contributed by atoms with Crippen molar-refractivity contribution in [2.24, 2.45) is 5.92 Å². The molecule has 4 rings (SSSR count). The summed E-state index contributed by atoms with van der Waals surface area (Å²) < 4.78 is 11.3. The predicted octanol–water partition coefficient (Wildman–Crippen LogP) is 4.09. The quantitative estimate of drug-likeness (QED) is 0.378. The number of likely N-dealkylation sites (tertiary alicyclic amines) is 1. The van der Waals surface area contributed by atoms with Gasteiger partial charge in [0.05, 0.1) is 22.0 Å². The Labute approximate surface area is 223 Å². The van der Waals surface area contributed by atoms with Crippen LogP contribution < -0.4 is 15.4 Å². The number of hydrogen-bond acceptors (Lipinski definition) is 9. The highest BCUT2D eigenvalue weighted by molar-refractivity contribution is 6.33. The maximum absolute atomic E-state index is 10.0. The summed E-state index contributed by atoms with van der Waals surface area (Å²) in [6, 6.07) is 5.65. The second-order valence-electron chi connectivity index (χ2n) is 10.0. The molecule has 200 valence electrons. The first-order valence-corrected chi connectivity index (χ1v) is 13.1. The van der Waals surface area contributed by atoms with Crippen LogP contribution in [0.15, 0.2) is 22.7 Å². The minimum atomic E-state index is -0.627. The van der Waals surface area contributed by atoms with Gasteiger partial charge in [0.15, 0.2) is 5.82 Å². The SMILES string of the molecule is CNC[C@@H](O)COc1ccc(Cl)c(-c2nc(N[C@@H]3CCN(C)C[C@@H]3C)c(C)c(-c3c(C)noc3C)n2)c1. The summed E-state index contributed by atoms with van der Waals surface area (Å²) in [6.07, 6.45) is 0.397. The normalized spacial score (nSPS) is 19.1. The van der Waals surface area contributed by atoms with Gasteiger partial charge in [-0.15, -0.1) is 0 Å². The Bertz CT molecular complexity index is 1210. The lowest BCUT2D eigenvalue weighted by atomic mass is 9.94. The third-order valence-corrected chi connectivity index (χ3v) is 7.24. The summed E-state index contributed by atoms with van der Waals surface area (Å²) in [5.41, 5.74) is 3.97. The molecule has 1 aromatic carbocycles. The van der Waals surface area contributed by atoms with Crippen LogP contribution in [0.2, 0.25) is 5.02 Å². The third kappa shape index (κ3) is 6.23. The van der Waals surface area contributed by atoms with Crippen molar-refractivity contribution in [2.75, 3.05) is 45.7 Å². The molecule has 9 nitrogen and oxygen atoms in total. The lowest BCUT2D eigenvalue weighted by Gasteiger charge is -2.35. The van der Waals surface area contributed by atoms with Crippen LogP contribution in [0.25, 0.3) is 22.6 Å². The molecule has 0 spiro atoms. The molecule has 0 aliphatic carbocycles. The van der Waals surface area contributed by atoms with E-state index in [1.807, 2.05) is 26.8 Å². The van der Waals surface area contributed by atoms with Gasteiger partial charge in [-0.05, 0) is 71.9 Å². The third-order valence-electron chi connectivity index (χ3n) is 6.91. The van der Waals surface area contributed by atoms with Crippen LogP contribution in [0.1, 0.15) is 30.4 Å². The van der Waals surface area contributed by atoms with Gasteiger partial charge in [-0.3, -0.25) is 0 Å². The van der Waals surface area contributed by atoms with E-state index < -0.39 is 6.10 Å². The number of halogens is 1. The Hall–Kier alpha value is -2.72. The van der Waals surface area contributed by atoms with Crippen LogP contribution in [-0.2, 0) is 0 Å². The fourth-order valence-corrected chi connectivity index (χ4v) is 5.04. The molecule has 10 heteroatoms. The summed E-state index contributed by atoms with van der Waals surface area (Å²) in [7, 11) is 3.94. The van der Waals surface area contributed by atoms with E-state index in [9.17, 15) is 5.11 Å². The van der Waals surface area contributed by atoms with E-state index in [1.165, 1.54) is 0 Å². The van der Waals surface area contributed by atoms with Gasteiger partial charge in [-0.25, -0.2) is 9.97 Å². The fraction of sp³-hybridized carbons (Fsp3) is 0.519. The maximum Gasteiger partial charge on any atom is 0.163 e. The Kier molecular flexibility index (Phi) is 8.69. The highest BCUT2D eigenvalue weighted by Gasteiger charge is 2.27. The van der Waals surface area contributed by atoms with Gasteiger partial charge in [0.1, 0.15) is 30.0 Å². The first kappa shape index (κ1) is 27.3. The number of likely N-dealkylation sites (N-methyl/N-ethyl adjacent to an activating group) is 1. The van der Waals surface area contributed by atoms with Crippen LogP contribution in [0.4, 0.5) is 5.82 Å². The lowest BCUT2D eigenvalue weighted by Crippen LogP contribution is -2.43. The van der Waals surface area contributed by atoms with Crippen molar-refractivity contribution < 1.29 is 14.4 Å². The molecule has 37 heavy (non-hydrogen) atoms. The number of hydrogen-bond donors (Lipinski definition) is 3. The van der Waals surface area contributed by atoms with Crippen molar-refractivity contribution in [2.45, 2.75) is 46.3 Å².